The van der Waals surface area contributed by atoms with Crippen LogP contribution in [-0.4, -0.2) is 18.0 Å². The van der Waals surface area contributed by atoms with Crippen LogP contribution in [0.25, 0.3) is 0 Å². The number of hydrogen-bond donors (Lipinski definition) is 2. The zero-order valence-corrected chi connectivity index (χ0v) is 16.6. The Labute approximate surface area is 167 Å². The number of benzene rings is 1. The van der Waals surface area contributed by atoms with E-state index in [2.05, 4.69) is 17.2 Å². The lowest BCUT2D eigenvalue weighted by Crippen LogP contribution is -2.33. The average molecular weight is 407 g/mol. The lowest BCUT2D eigenvalue weighted by molar-refractivity contribution is -0.121. The van der Waals surface area contributed by atoms with Crippen LogP contribution in [0, 0.1) is 23.5 Å². The van der Waals surface area contributed by atoms with Gasteiger partial charge in [-0.1, -0.05) is 19.4 Å². The van der Waals surface area contributed by atoms with E-state index < -0.39 is 11.6 Å². The standard InChI is InChI=1S/C20H23F2N3O2S/c1-11-3-4-13(14-5-6-16(21)18(22)19(14)27-2)15(9-11)20(26)25-12-7-8-24-17(10-12)28-23/h5-8,10-11,13,15H,3-4,9,23H2,1-2H3,(H,24,25,26)/t11-,13-,15?/m0/s1. The Morgan fingerprint density at radius 2 is 2.11 bits per heavy atom. The summed E-state index contributed by atoms with van der Waals surface area (Å²) in [5, 5.41) is 9.03. The van der Waals surface area contributed by atoms with Crippen molar-refractivity contribution in [2.75, 3.05) is 12.4 Å². The van der Waals surface area contributed by atoms with Gasteiger partial charge in [-0.05, 0) is 54.8 Å². The summed E-state index contributed by atoms with van der Waals surface area (Å²) in [6.07, 6.45) is 3.83. The van der Waals surface area contributed by atoms with E-state index in [4.69, 9.17) is 9.88 Å². The maximum Gasteiger partial charge on any atom is 0.228 e. The predicted octanol–water partition coefficient (Wildman–Crippen LogP) is 4.49. The summed E-state index contributed by atoms with van der Waals surface area (Å²) in [4.78, 5) is 17.2. The Balaban J connectivity index is 1.90. The lowest BCUT2D eigenvalue weighted by atomic mass is 9.71. The number of rotatable bonds is 5. The largest absolute Gasteiger partial charge is 0.493 e. The van der Waals surface area contributed by atoms with Gasteiger partial charge in [-0.2, -0.15) is 4.39 Å². The molecule has 0 saturated heterocycles. The summed E-state index contributed by atoms with van der Waals surface area (Å²) in [7, 11) is 1.31. The van der Waals surface area contributed by atoms with Gasteiger partial charge in [-0.3, -0.25) is 9.93 Å². The lowest BCUT2D eigenvalue weighted by Gasteiger charge is -2.35. The number of nitrogens with two attached hydrogens (primary N) is 1. The molecule has 0 spiro atoms. The van der Waals surface area contributed by atoms with E-state index in [0.29, 0.717) is 35.0 Å². The molecule has 3 atom stereocenters. The van der Waals surface area contributed by atoms with Crippen molar-refractivity contribution in [2.24, 2.45) is 17.0 Å². The molecule has 0 aliphatic heterocycles. The molecule has 3 rings (SSSR count). The van der Waals surface area contributed by atoms with Crippen LogP contribution in [0.1, 0.15) is 37.7 Å². The number of nitrogens with zero attached hydrogens (tertiary/aromatic N) is 1. The second-order valence-electron chi connectivity index (χ2n) is 7.10. The van der Waals surface area contributed by atoms with Crippen molar-refractivity contribution >= 4 is 23.5 Å². The van der Waals surface area contributed by atoms with Crippen LogP contribution in [0.3, 0.4) is 0 Å². The first-order chi connectivity index (χ1) is 13.4. The van der Waals surface area contributed by atoms with E-state index in [1.807, 2.05) is 0 Å². The summed E-state index contributed by atoms with van der Waals surface area (Å²) in [5.74, 6) is -2.55. The highest BCUT2D eigenvalue weighted by Gasteiger charge is 2.37. The summed E-state index contributed by atoms with van der Waals surface area (Å²) in [6, 6.07) is 6.00. The second-order valence-corrected chi connectivity index (χ2v) is 7.76. The molecular weight excluding hydrogens is 384 g/mol. The molecule has 1 aromatic heterocycles. The van der Waals surface area contributed by atoms with Crippen molar-refractivity contribution in [3.8, 4) is 5.75 Å². The highest BCUT2D eigenvalue weighted by Crippen LogP contribution is 2.44. The molecule has 1 saturated carbocycles. The molecule has 2 aromatic rings. The Hall–Kier alpha value is -2.19. The van der Waals surface area contributed by atoms with E-state index in [9.17, 15) is 13.6 Å². The van der Waals surface area contributed by atoms with Gasteiger partial charge in [0.2, 0.25) is 11.7 Å². The maximum absolute atomic E-state index is 14.2. The van der Waals surface area contributed by atoms with Crippen LogP contribution in [0.15, 0.2) is 35.5 Å². The Bertz CT molecular complexity index is 865. The summed E-state index contributed by atoms with van der Waals surface area (Å²) in [6.45, 7) is 2.09. The van der Waals surface area contributed by atoms with Crippen molar-refractivity contribution in [2.45, 2.75) is 37.1 Å². The highest BCUT2D eigenvalue weighted by atomic mass is 32.2. The van der Waals surface area contributed by atoms with Crippen molar-refractivity contribution in [1.29, 1.82) is 0 Å². The number of aromatic nitrogens is 1. The number of amides is 1. The zero-order valence-electron chi connectivity index (χ0n) is 15.7. The molecule has 5 nitrogen and oxygen atoms in total. The number of pyridine rings is 1. The van der Waals surface area contributed by atoms with Gasteiger partial charge >= 0.3 is 0 Å². The van der Waals surface area contributed by atoms with Gasteiger partial charge in [0.25, 0.3) is 0 Å². The van der Waals surface area contributed by atoms with E-state index in [1.165, 1.54) is 13.2 Å². The average Bonchev–Trinajstić information content (AvgIpc) is 2.70. The SMILES string of the molecule is COc1c([C@@H]2CC[C@H](C)CC2C(=O)Nc2ccnc(SN)c2)ccc(F)c1F. The van der Waals surface area contributed by atoms with Crippen molar-refractivity contribution in [3.05, 3.63) is 47.7 Å². The van der Waals surface area contributed by atoms with Crippen molar-refractivity contribution < 1.29 is 18.3 Å². The minimum absolute atomic E-state index is 0.122. The van der Waals surface area contributed by atoms with E-state index in [0.717, 1.165) is 24.4 Å². The first kappa shape index (κ1) is 20.5. The fourth-order valence-corrected chi connectivity index (χ4v) is 4.19. The third kappa shape index (κ3) is 4.28. The number of carbonyl (C=O) groups is 1. The number of halogens is 2. The summed E-state index contributed by atoms with van der Waals surface area (Å²) >= 11 is 0.995. The van der Waals surface area contributed by atoms with E-state index in [-0.39, 0.29) is 23.5 Å². The molecular formula is C20H23F2N3O2S. The fourth-order valence-electron chi connectivity index (χ4n) is 3.88. The number of methoxy groups -OCH3 is 1. The minimum atomic E-state index is -1.02. The topological polar surface area (TPSA) is 77.2 Å². The monoisotopic (exact) mass is 407 g/mol. The Morgan fingerprint density at radius 1 is 1.32 bits per heavy atom. The number of carbonyl (C=O) groups excluding carboxylic acids is 1. The van der Waals surface area contributed by atoms with E-state index >= 15 is 0 Å². The second kappa shape index (κ2) is 8.87. The maximum atomic E-state index is 14.2. The molecule has 150 valence electrons. The number of hydrogen-bond acceptors (Lipinski definition) is 5. The molecule has 0 radical (unpaired) electrons. The molecule has 1 amide bonds. The molecule has 1 fully saturated rings. The summed E-state index contributed by atoms with van der Waals surface area (Å²) in [5.41, 5.74) is 1.13. The van der Waals surface area contributed by atoms with E-state index in [1.54, 1.807) is 18.3 Å². The van der Waals surface area contributed by atoms with Gasteiger partial charge in [-0.25, -0.2) is 9.37 Å². The molecule has 28 heavy (non-hydrogen) atoms. The van der Waals surface area contributed by atoms with Crippen molar-refractivity contribution in [1.82, 2.24) is 4.98 Å². The predicted molar refractivity (Wildman–Crippen MR) is 105 cm³/mol. The molecule has 1 heterocycles. The third-order valence-corrected chi connectivity index (χ3v) is 5.72. The molecule has 1 aromatic carbocycles. The first-order valence-electron chi connectivity index (χ1n) is 9.10. The highest BCUT2D eigenvalue weighted by molar-refractivity contribution is 7.97. The Kier molecular flexibility index (Phi) is 6.51. The quantitative estimate of drug-likeness (QED) is 0.714. The number of anilines is 1. The van der Waals surface area contributed by atoms with Crippen LogP contribution < -0.4 is 15.2 Å². The zero-order chi connectivity index (χ0) is 20.3. The smallest absolute Gasteiger partial charge is 0.228 e. The van der Waals surface area contributed by atoms with Gasteiger partial charge < -0.3 is 10.1 Å². The summed E-state index contributed by atoms with van der Waals surface area (Å²) < 4.78 is 33.0. The van der Waals surface area contributed by atoms with Gasteiger partial charge in [0.1, 0.15) is 5.03 Å². The van der Waals surface area contributed by atoms with Crippen LogP contribution >= 0.6 is 11.9 Å². The molecule has 0 bridgehead atoms. The Morgan fingerprint density at radius 3 is 2.82 bits per heavy atom. The molecule has 1 unspecified atom stereocenters. The molecule has 1 aliphatic rings. The molecule has 8 heteroatoms. The van der Waals surface area contributed by atoms with Gasteiger partial charge in [0.15, 0.2) is 11.6 Å². The molecule has 3 N–H and O–H groups in total. The van der Waals surface area contributed by atoms with Gasteiger partial charge in [0, 0.05) is 23.4 Å². The fraction of sp³-hybridized carbons (Fsp3) is 0.400. The van der Waals surface area contributed by atoms with Crippen LogP contribution in [0.4, 0.5) is 14.5 Å². The van der Waals surface area contributed by atoms with Crippen LogP contribution in [0.5, 0.6) is 5.75 Å². The van der Waals surface area contributed by atoms with Crippen molar-refractivity contribution in [3.63, 3.8) is 0 Å². The number of nitrogens with one attached hydrogen (secondary N) is 1. The normalized spacial score (nSPS) is 22.0. The van der Waals surface area contributed by atoms with Crippen LogP contribution in [0.2, 0.25) is 0 Å². The first-order valence-corrected chi connectivity index (χ1v) is 9.98. The third-order valence-electron chi connectivity index (χ3n) is 5.26. The van der Waals surface area contributed by atoms with Gasteiger partial charge in [-0.15, -0.1) is 0 Å². The minimum Gasteiger partial charge on any atom is -0.493 e. The van der Waals surface area contributed by atoms with Crippen LogP contribution in [-0.2, 0) is 4.79 Å². The molecule has 1 aliphatic carbocycles. The number of ether oxygens (including phenoxy) is 1. The van der Waals surface area contributed by atoms with Gasteiger partial charge in [0.05, 0.1) is 7.11 Å².